The number of benzene rings is 2. The monoisotopic (exact) mass is 396 g/mol. The molecule has 5 heteroatoms. The number of rotatable bonds is 3. The fraction of sp³-hybridized carbons (Fsp3) is 0.0667. The second-order valence-electron chi connectivity index (χ2n) is 4.08. The topological polar surface area (TPSA) is 43.4 Å². The van der Waals surface area contributed by atoms with Crippen molar-refractivity contribution in [3.05, 3.63) is 62.5 Å². The van der Waals surface area contributed by atoms with E-state index in [-0.39, 0.29) is 11.5 Å². The van der Waals surface area contributed by atoms with Crippen LogP contribution in [0.4, 0.5) is 0 Å². The summed E-state index contributed by atoms with van der Waals surface area (Å²) in [5, 5.41) is 0. The third kappa shape index (κ3) is 3.35. The first-order chi connectivity index (χ1) is 9.49. The molecule has 0 saturated carbocycles. The van der Waals surface area contributed by atoms with E-state index in [1.165, 1.54) is 6.92 Å². The molecule has 0 aromatic heterocycles. The van der Waals surface area contributed by atoms with E-state index in [2.05, 4.69) is 31.9 Å². The highest BCUT2D eigenvalue weighted by Gasteiger charge is 2.18. The predicted molar refractivity (Wildman–Crippen MR) is 83.2 cm³/mol. The molecule has 0 spiro atoms. The molecular weight excluding hydrogens is 388 g/mol. The van der Waals surface area contributed by atoms with Crippen LogP contribution in [0.5, 0.6) is 5.75 Å². The highest BCUT2D eigenvalue weighted by atomic mass is 79.9. The molecule has 0 aliphatic rings. The molecular formula is C15H10Br2O3. The maximum atomic E-state index is 12.1. The van der Waals surface area contributed by atoms with E-state index in [1.807, 2.05) is 6.07 Å². The summed E-state index contributed by atoms with van der Waals surface area (Å²) in [5.41, 5.74) is 0.771. The van der Waals surface area contributed by atoms with Gasteiger partial charge in [0.2, 0.25) is 0 Å². The summed E-state index contributed by atoms with van der Waals surface area (Å²) in [7, 11) is 0. The smallest absolute Gasteiger partial charge is 0.343 e. The molecule has 0 aliphatic carbocycles. The third-order valence-electron chi connectivity index (χ3n) is 2.59. The molecule has 2 aromatic carbocycles. The maximum absolute atomic E-state index is 12.1. The Balaban J connectivity index is 2.39. The van der Waals surface area contributed by atoms with E-state index < -0.39 is 5.97 Å². The second kappa shape index (κ2) is 6.33. The van der Waals surface area contributed by atoms with E-state index in [1.54, 1.807) is 36.4 Å². The number of Topliss-reactive ketones (excluding diaryl/α,β-unsaturated/α-hetero) is 1. The van der Waals surface area contributed by atoms with E-state index in [0.29, 0.717) is 15.6 Å². The van der Waals surface area contributed by atoms with Gasteiger partial charge in [0.15, 0.2) is 11.5 Å². The van der Waals surface area contributed by atoms with Crippen LogP contribution in [0.3, 0.4) is 0 Å². The van der Waals surface area contributed by atoms with Crippen LogP contribution in [0.2, 0.25) is 0 Å². The van der Waals surface area contributed by atoms with Crippen LogP contribution in [-0.4, -0.2) is 11.8 Å². The van der Waals surface area contributed by atoms with Crippen molar-refractivity contribution in [2.75, 3.05) is 0 Å². The van der Waals surface area contributed by atoms with Crippen LogP contribution in [-0.2, 0) is 0 Å². The Morgan fingerprint density at radius 1 is 1.05 bits per heavy atom. The standard InChI is InChI=1S/C15H10Br2O3/c1-9(18)12-7-11(16)8-13(17)14(12)20-15(19)10-5-3-2-4-6-10/h2-8H,1H3. The van der Waals surface area contributed by atoms with Crippen molar-refractivity contribution in [3.63, 3.8) is 0 Å². The summed E-state index contributed by atoms with van der Waals surface area (Å²) in [6, 6.07) is 12.0. The lowest BCUT2D eigenvalue weighted by atomic mass is 10.1. The average Bonchev–Trinajstić information content (AvgIpc) is 2.42. The number of esters is 1. The first-order valence-corrected chi connectivity index (χ1v) is 7.35. The summed E-state index contributed by atoms with van der Waals surface area (Å²) in [6.07, 6.45) is 0. The molecule has 0 aliphatic heterocycles. The molecule has 0 saturated heterocycles. The second-order valence-corrected chi connectivity index (χ2v) is 5.85. The van der Waals surface area contributed by atoms with Gasteiger partial charge in [0.25, 0.3) is 0 Å². The SMILES string of the molecule is CC(=O)c1cc(Br)cc(Br)c1OC(=O)c1ccccc1. The van der Waals surface area contributed by atoms with Crippen molar-refractivity contribution >= 4 is 43.6 Å². The Hall–Kier alpha value is -1.46. The van der Waals surface area contributed by atoms with Crippen LogP contribution in [0.15, 0.2) is 51.4 Å². The summed E-state index contributed by atoms with van der Waals surface area (Å²) in [5.74, 6) is -0.450. The summed E-state index contributed by atoms with van der Waals surface area (Å²) in [6.45, 7) is 1.42. The largest absolute Gasteiger partial charge is 0.421 e. The van der Waals surface area contributed by atoms with Gasteiger partial charge >= 0.3 is 5.97 Å². The van der Waals surface area contributed by atoms with Gasteiger partial charge in [-0.1, -0.05) is 34.1 Å². The van der Waals surface area contributed by atoms with E-state index in [0.717, 1.165) is 4.47 Å². The van der Waals surface area contributed by atoms with Gasteiger partial charge in [0, 0.05) is 4.47 Å². The van der Waals surface area contributed by atoms with Gasteiger partial charge in [0.05, 0.1) is 15.6 Å². The van der Waals surface area contributed by atoms with Crippen molar-refractivity contribution in [2.45, 2.75) is 6.92 Å². The van der Waals surface area contributed by atoms with Crippen molar-refractivity contribution in [1.82, 2.24) is 0 Å². The van der Waals surface area contributed by atoms with E-state index in [9.17, 15) is 9.59 Å². The van der Waals surface area contributed by atoms with Gasteiger partial charge < -0.3 is 4.74 Å². The predicted octanol–water partition coefficient (Wildman–Crippen LogP) is 4.63. The minimum Gasteiger partial charge on any atom is -0.421 e. The van der Waals surface area contributed by atoms with Crippen LogP contribution in [0.1, 0.15) is 27.6 Å². The number of ether oxygens (including phenoxy) is 1. The number of ketones is 1. The Morgan fingerprint density at radius 2 is 1.70 bits per heavy atom. The molecule has 0 heterocycles. The van der Waals surface area contributed by atoms with Gasteiger partial charge in [-0.15, -0.1) is 0 Å². The molecule has 20 heavy (non-hydrogen) atoms. The molecule has 0 fully saturated rings. The average molecular weight is 398 g/mol. The molecule has 2 aromatic rings. The van der Waals surface area contributed by atoms with Crippen LogP contribution >= 0.6 is 31.9 Å². The Morgan fingerprint density at radius 3 is 2.30 bits per heavy atom. The lowest BCUT2D eigenvalue weighted by molar-refractivity contribution is 0.0731. The van der Waals surface area contributed by atoms with Crippen molar-refractivity contribution in [3.8, 4) is 5.75 Å². The summed E-state index contributed by atoms with van der Waals surface area (Å²) >= 11 is 6.61. The third-order valence-corrected chi connectivity index (χ3v) is 3.64. The Bertz CT molecular complexity index is 666. The molecule has 102 valence electrons. The first kappa shape index (κ1) is 14.9. The van der Waals surface area contributed by atoms with Gasteiger partial charge in [-0.05, 0) is 47.1 Å². The van der Waals surface area contributed by atoms with Crippen molar-refractivity contribution in [2.24, 2.45) is 0 Å². The van der Waals surface area contributed by atoms with Crippen molar-refractivity contribution in [1.29, 1.82) is 0 Å². The minimum absolute atomic E-state index is 0.178. The number of halogens is 2. The fourth-order valence-corrected chi connectivity index (χ4v) is 2.96. The fourth-order valence-electron chi connectivity index (χ4n) is 1.65. The molecule has 0 amide bonds. The highest BCUT2D eigenvalue weighted by molar-refractivity contribution is 9.11. The lowest BCUT2D eigenvalue weighted by Crippen LogP contribution is -2.11. The number of carbonyl (C=O) groups excluding carboxylic acids is 2. The molecule has 0 radical (unpaired) electrons. The van der Waals surface area contributed by atoms with Crippen LogP contribution in [0.25, 0.3) is 0 Å². The number of carbonyl (C=O) groups is 2. The number of hydrogen-bond donors (Lipinski definition) is 0. The minimum atomic E-state index is -0.504. The molecule has 3 nitrogen and oxygen atoms in total. The maximum Gasteiger partial charge on any atom is 0.343 e. The van der Waals surface area contributed by atoms with E-state index in [4.69, 9.17) is 4.74 Å². The zero-order chi connectivity index (χ0) is 14.7. The molecule has 0 N–H and O–H groups in total. The highest BCUT2D eigenvalue weighted by Crippen LogP contribution is 2.33. The molecule has 0 unspecified atom stereocenters. The first-order valence-electron chi connectivity index (χ1n) is 5.76. The van der Waals surface area contributed by atoms with E-state index >= 15 is 0 Å². The molecule has 0 bridgehead atoms. The molecule has 2 rings (SSSR count). The quantitative estimate of drug-likeness (QED) is 0.430. The van der Waals surface area contributed by atoms with Gasteiger partial charge in [-0.3, -0.25) is 4.79 Å². The van der Waals surface area contributed by atoms with Crippen LogP contribution < -0.4 is 4.74 Å². The zero-order valence-electron chi connectivity index (χ0n) is 10.5. The Labute approximate surface area is 133 Å². The summed E-state index contributed by atoms with van der Waals surface area (Å²) in [4.78, 5) is 23.7. The molecule has 0 atom stereocenters. The van der Waals surface area contributed by atoms with Crippen LogP contribution in [0, 0.1) is 0 Å². The Kier molecular flexibility index (Phi) is 4.73. The van der Waals surface area contributed by atoms with Gasteiger partial charge in [-0.25, -0.2) is 4.79 Å². The zero-order valence-corrected chi connectivity index (χ0v) is 13.7. The van der Waals surface area contributed by atoms with Gasteiger partial charge in [0.1, 0.15) is 0 Å². The normalized spacial score (nSPS) is 10.2. The van der Waals surface area contributed by atoms with Crippen molar-refractivity contribution < 1.29 is 14.3 Å². The summed E-state index contributed by atoms with van der Waals surface area (Å²) < 4.78 is 6.62. The lowest BCUT2D eigenvalue weighted by Gasteiger charge is -2.11. The number of hydrogen-bond acceptors (Lipinski definition) is 3. The van der Waals surface area contributed by atoms with Gasteiger partial charge in [-0.2, -0.15) is 0 Å².